The highest BCUT2D eigenvalue weighted by Gasteiger charge is 2.35. The van der Waals surface area contributed by atoms with Crippen molar-refractivity contribution in [3.63, 3.8) is 0 Å². The van der Waals surface area contributed by atoms with Crippen LogP contribution in [0.1, 0.15) is 55.7 Å². The fraction of sp³-hybridized carbons (Fsp3) is 0.316. The first-order valence-electron chi connectivity index (χ1n) is 16.3. The highest BCUT2D eigenvalue weighted by Crippen LogP contribution is 2.26. The van der Waals surface area contributed by atoms with Crippen LogP contribution in [0, 0.1) is 5.82 Å². The standard InChI is InChI=1S/C38H42FN3O4S/c1-2-29-20-24-34(25-21-29)42(47(45,46)35-16-10-5-11-17-35)28-37(43)41(27-31-18-22-32(39)23-19-31)36(26-30-12-6-3-7-13-30)38(44)40-33-14-8-4-9-15-33/h3,5-7,10-13,16-25,33,36H,2,4,8-9,14-15,26-28H2,1H3,(H,40,44)/t36-/m1/s1. The molecular weight excluding hydrogens is 614 g/mol. The van der Waals surface area contributed by atoms with Gasteiger partial charge in [0.05, 0.1) is 10.6 Å². The van der Waals surface area contributed by atoms with Gasteiger partial charge in [0.15, 0.2) is 0 Å². The molecule has 246 valence electrons. The molecule has 1 aliphatic rings. The number of nitrogens with zero attached hydrogens (tertiary/aromatic N) is 2. The van der Waals surface area contributed by atoms with E-state index in [1.54, 1.807) is 42.5 Å². The number of amides is 2. The fourth-order valence-corrected chi connectivity index (χ4v) is 7.47. The summed E-state index contributed by atoms with van der Waals surface area (Å²) < 4.78 is 43.3. The number of anilines is 1. The number of aryl methyl sites for hydroxylation is 1. The zero-order valence-electron chi connectivity index (χ0n) is 26.7. The minimum atomic E-state index is -4.17. The summed E-state index contributed by atoms with van der Waals surface area (Å²) in [6.07, 6.45) is 5.90. The quantitative estimate of drug-likeness (QED) is 0.174. The van der Waals surface area contributed by atoms with Gasteiger partial charge in [-0.2, -0.15) is 0 Å². The Labute approximate surface area is 277 Å². The van der Waals surface area contributed by atoms with Gasteiger partial charge in [-0.15, -0.1) is 0 Å². The van der Waals surface area contributed by atoms with Crippen LogP contribution in [0.4, 0.5) is 10.1 Å². The molecule has 7 nitrogen and oxygen atoms in total. The van der Waals surface area contributed by atoms with Crippen molar-refractivity contribution < 1.29 is 22.4 Å². The van der Waals surface area contributed by atoms with E-state index >= 15 is 0 Å². The van der Waals surface area contributed by atoms with E-state index in [4.69, 9.17) is 0 Å². The van der Waals surface area contributed by atoms with E-state index < -0.39 is 34.3 Å². The van der Waals surface area contributed by atoms with Gasteiger partial charge in [-0.25, -0.2) is 12.8 Å². The third kappa shape index (κ3) is 8.86. The molecule has 0 bridgehead atoms. The number of sulfonamides is 1. The van der Waals surface area contributed by atoms with Crippen LogP contribution < -0.4 is 9.62 Å². The molecule has 1 fully saturated rings. The van der Waals surface area contributed by atoms with Crippen molar-refractivity contribution in [2.75, 3.05) is 10.8 Å². The Balaban J connectivity index is 1.55. The second-order valence-corrected chi connectivity index (χ2v) is 13.9. The number of nitrogens with one attached hydrogen (secondary N) is 1. The molecule has 0 spiro atoms. The lowest BCUT2D eigenvalue weighted by atomic mass is 9.94. The second-order valence-electron chi connectivity index (χ2n) is 12.0. The summed E-state index contributed by atoms with van der Waals surface area (Å²) in [4.78, 5) is 30.2. The summed E-state index contributed by atoms with van der Waals surface area (Å²) in [5.41, 5.74) is 2.84. The van der Waals surface area contributed by atoms with Gasteiger partial charge in [0.1, 0.15) is 18.4 Å². The number of hydrogen-bond donors (Lipinski definition) is 1. The second kappa shape index (κ2) is 15.9. The van der Waals surface area contributed by atoms with Crippen molar-refractivity contribution in [3.8, 4) is 0 Å². The van der Waals surface area contributed by atoms with Crippen LogP contribution in [0.5, 0.6) is 0 Å². The van der Waals surface area contributed by atoms with Crippen LogP contribution in [-0.2, 0) is 39.0 Å². The average Bonchev–Trinajstić information content (AvgIpc) is 3.10. The van der Waals surface area contributed by atoms with E-state index in [0.717, 1.165) is 54.0 Å². The molecule has 0 saturated heterocycles. The topological polar surface area (TPSA) is 86.8 Å². The molecule has 9 heteroatoms. The Morgan fingerprint density at radius 2 is 1.38 bits per heavy atom. The summed E-state index contributed by atoms with van der Waals surface area (Å²) >= 11 is 0. The van der Waals surface area contributed by atoms with Crippen molar-refractivity contribution in [1.29, 1.82) is 0 Å². The first kappa shape index (κ1) is 33.9. The van der Waals surface area contributed by atoms with Crippen LogP contribution in [0.15, 0.2) is 114 Å². The average molecular weight is 656 g/mol. The van der Waals surface area contributed by atoms with Crippen LogP contribution in [-0.4, -0.2) is 43.8 Å². The number of rotatable bonds is 13. The first-order chi connectivity index (χ1) is 22.7. The van der Waals surface area contributed by atoms with E-state index in [2.05, 4.69) is 5.32 Å². The lowest BCUT2D eigenvalue weighted by molar-refractivity contribution is -0.140. The Morgan fingerprint density at radius 1 is 0.787 bits per heavy atom. The van der Waals surface area contributed by atoms with Crippen molar-refractivity contribution >= 4 is 27.5 Å². The molecule has 0 radical (unpaired) electrons. The largest absolute Gasteiger partial charge is 0.352 e. The van der Waals surface area contributed by atoms with Gasteiger partial charge < -0.3 is 10.2 Å². The molecule has 47 heavy (non-hydrogen) atoms. The van der Waals surface area contributed by atoms with Gasteiger partial charge in [0.25, 0.3) is 10.0 Å². The Bertz CT molecular complexity index is 1710. The van der Waals surface area contributed by atoms with E-state index in [9.17, 15) is 22.4 Å². The molecule has 1 atom stereocenters. The smallest absolute Gasteiger partial charge is 0.264 e. The maximum atomic E-state index is 14.6. The Morgan fingerprint density at radius 3 is 2.00 bits per heavy atom. The van der Waals surface area contributed by atoms with Crippen LogP contribution >= 0.6 is 0 Å². The number of carbonyl (C=O) groups is 2. The van der Waals surface area contributed by atoms with Gasteiger partial charge in [-0.1, -0.05) is 99.0 Å². The monoisotopic (exact) mass is 655 g/mol. The first-order valence-corrected chi connectivity index (χ1v) is 17.7. The molecule has 0 unspecified atom stereocenters. The number of carbonyl (C=O) groups excluding carboxylic acids is 2. The number of hydrogen-bond acceptors (Lipinski definition) is 4. The normalized spacial score (nSPS) is 14.3. The van der Waals surface area contributed by atoms with Gasteiger partial charge >= 0.3 is 0 Å². The number of benzene rings is 4. The molecule has 4 aromatic rings. The molecule has 0 heterocycles. The van der Waals surface area contributed by atoms with E-state index in [-0.39, 0.29) is 29.8 Å². The van der Waals surface area contributed by atoms with Gasteiger partial charge in [0, 0.05) is 19.0 Å². The molecule has 4 aromatic carbocycles. The maximum Gasteiger partial charge on any atom is 0.264 e. The number of halogens is 1. The summed E-state index contributed by atoms with van der Waals surface area (Å²) in [6.45, 7) is 1.46. The molecule has 1 N–H and O–H groups in total. The Hall–Kier alpha value is -4.50. The summed E-state index contributed by atoms with van der Waals surface area (Å²) in [6, 6.07) is 29.4. The third-order valence-corrected chi connectivity index (χ3v) is 10.5. The zero-order valence-corrected chi connectivity index (χ0v) is 27.5. The molecule has 1 aliphatic carbocycles. The molecular formula is C38H42FN3O4S. The molecule has 5 rings (SSSR count). The third-order valence-electron chi connectivity index (χ3n) is 8.73. The van der Waals surface area contributed by atoms with Crippen molar-refractivity contribution in [3.05, 3.63) is 132 Å². The fourth-order valence-electron chi connectivity index (χ4n) is 6.03. The zero-order chi connectivity index (χ0) is 33.2. The summed E-state index contributed by atoms with van der Waals surface area (Å²) in [5.74, 6) is -1.26. The van der Waals surface area contributed by atoms with Crippen molar-refractivity contribution in [2.45, 2.75) is 75.4 Å². The summed E-state index contributed by atoms with van der Waals surface area (Å²) in [5, 5.41) is 3.20. The van der Waals surface area contributed by atoms with E-state index in [0.29, 0.717) is 11.3 Å². The highest BCUT2D eigenvalue weighted by molar-refractivity contribution is 7.92. The van der Waals surface area contributed by atoms with Crippen LogP contribution in [0.2, 0.25) is 0 Å². The molecule has 0 aliphatic heterocycles. The maximum absolute atomic E-state index is 14.6. The predicted octanol–water partition coefficient (Wildman–Crippen LogP) is 6.67. The van der Waals surface area contributed by atoms with E-state index in [1.165, 1.54) is 29.2 Å². The van der Waals surface area contributed by atoms with Crippen LogP contribution in [0.3, 0.4) is 0 Å². The SMILES string of the molecule is CCc1ccc(N(CC(=O)N(Cc2ccc(F)cc2)[C@H](Cc2ccccc2)C(=O)NC2CCCCC2)S(=O)(=O)c2ccccc2)cc1. The predicted molar refractivity (Wildman–Crippen MR) is 183 cm³/mol. The van der Waals surface area contributed by atoms with E-state index in [1.807, 2.05) is 49.4 Å². The minimum absolute atomic E-state index is 0.00401. The molecule has 0 aromatic heterocycles. The highest BCUT2D eigenvalue weighted by atomic mass is 32.2. The Kier molecular flexibility index (Phi) is 11.4. The summed E-state index contributed by atoms with van der Waals surface area (Å²) in [7, 11) is -4.17. The van der Waals surface area contributed by atoms with Gasteiger partial charge in [-0.05, 0) is 72.4 Å². The molecule has 1 saturated carbocycles. The van der Waals surface area contributed by atoms with Crippen molar-refractivity contribution in [2.24, 2.45) is 0 Å². The lowest BCUT2D eigenvalue weighted by Crippen LogP contribution is -2.55. The van der Waals surface area contributed by atoms with Crippen LogP contribution in [0.25, 0.3) is 0 Å². The van der Waals surface area contributed by atoms with Crippen molar-refractivity contribution in [1.82, 2.24) is 10.2 Å². The van der Waals surface area contributed by atoms with Gasteiger partial charge in [0.2, 0.25) is 11.8 Å². The minimum Gasteiger partial charge on any atom is -0.352 e. The van der Waals surface area contributed by atoms with Gasteiger partial charge in [-0.3, -0.25) is 13.9 Å². The lowest BCUT2D eigenvalue weighted by Gasteiger charge is -2.35. The molecule has 2 amide bonds.